The first kappa shape index (κ1) is 16.3. The first-order valence-electron chi connectivity index (χ1n) is 6.85. The van der Waals surface area contributed by atoms with Crippen LogP contribution in [0.1, 0.15) is 33.1 Å². The molecule has 1 heterocycles. The Hall–Kier alpha value is -1.76. The fraction of sp³-hybridized carbons (Fsp3) is 0.625. The molecule has 4 nitrogen and oxygen atoms in total. The van der Waals surface area contributed by atoms with Crippen LogP contribution in [0, 0.1) is 18.3 Å². The number of rotatable bonds is 5. The summed E-state index contributed by atoms with van der Waals surface area (Å²) >= 11 is 0. The van der Waals surface area contributed by atoms with E-state index in [9.17, 15) is 0 Å². The molecule has 0 bridgehead atoms. The van der Waals surface area contributed by atoms with Gasteiger partial charge in [-0.2, -0.15) is 0 Å². The summed E-state index contributed by atoms with van der Waals surface area (Å²) in [6.45, 7) is 7.91. The van der Waals surface area contributed by atoms with Gasteiger partial charge in [-0.25, -0.2) is 9.98 Å². The fourth-order valence-corrected chi connectivity index (χ4v) is 2.35. The molecule has 0 saturated carbocycles. The molecule has 110 valence electrons. The molecular formula is C16H24N2O2. The lowest BCUT2D eigenvalue weighted by atomic mass is 9.87. The molecule has 1 rings (SSSR count). The Balaban J connectivity index is 3.26. The molecule has 0 fully saturated rings. The van der Waals surface area contributed by atoms with Crippen molar-refractivity contribution in [2.45, 2.75) is 44.7 Å². The van der Waals surface area contributed by atoms with E-state index >= 15 is 0 Å². The van der Waals surface area contributed by atoms with E-state index in [0.29, 0.717) is 24.6 Å². The smallest absolute Gasteiger partial charge is 0.213 e. The fourth-order valence-electron chi connectivity index (χ4n) is 2.35. The third-order valence-corrected chi connectivity index (χ3v) is 3.42. The van der Waals surface area contributed by atoms with E-state index in [-0.39, 0.29) is 12.0 Å². The van der Waals surface area contributed by atoms with Crippen molar-refractivity contribution in [2.24, 2.45) is 15.9 Å². The highest BCUT2D eigenvalue weighted by Crippen LogP contribution is 2.31. The Morgan fingerprint density at radius 3 is 2.60 bits per heavy atom. The van der Waals surface area contributed by atoms with Gasteiger partial charge in [-0.1, -0.05) is 19.9 Å². The van der Waals surface area contributed by atoms with Crippen LogP contribution in [-0.4, -0.2) is 37.6 Å². The molecule has 0 radical (unpaired) electrons. The van der Waals surface area contributed by atoms with Gasteiger partial charge in [-0.3, -0.25) is 0 Å². The van der Waals surface area contributed by atoms with Crippen molar-refractivity contribution in [3.63, 3.8) is 0 Å². The number of ether oxygens (including phenoxy) is 2. The average molecular weight is 276 g/mol. The molecule has 0 saturated heterocycles. The molecule has 0 spiro atoms. The summed E-state index contributed by atoms with van der Waals surface area (Å²) in [6, 6.07) is -0.121. The largest absolute Gasteiger partial charge is 0.483 e. The van der Waals surface area contributed by atoms with Crippen molar-refractivity contribution in [2.75, 3.05) is 14.2 Å². The van der Waals surface area contributed by atoms with Gasteiger partial charge in [0.2, 0.25) is 11.8 Å². The van der Waals surface area contributed by atoms with Gasteiger partial charge in [-0.05, 0) is 18.8 Å². The molecule has 1 unspecified atom stereocenters. The third-order valence-electron chi connectivity index (χ3n) is 3.42. The SMILES string of the molecule is C#CCC1(CCC=C)N=C(OC)[C@@H](C(C)C)N=C1OC. The van der Waals surface area contributed by atoms with Crippen LogP contribution in [0.2, 0.25) is 0 Å². The highest BCUT2D eigenvalue weighted by Gasteiger charge is 2.42. The minimum atomic E-state index is -0.631. The van der Waals surface area contributed by atoms with Crippen LogP contribution in [0.25, 0.3) is 0 Å². The number of methoxy groups -OCH3 is 2. The zero-order chi connectivity index (χ0) is 15.2. The Morgan fingerprint density at radius 2 is 2.15 bits per heavy atom. The predicted octanol–water partition coefficient (Wildman–Crippen LogP) is 2.84. The first-order chi connectivity index (χ1) is 9.54. The van der Waals surface area contributed by atoms with Gasteiger partial charge >= 0.3 is 0 Å². The third kappa shape index (κ3) is 3.22. The van der Waals surface area contributed by atoms with Gasteiger partial charge in [0, 0.05) is 6.42 Å². The van der Waals surface area contributed by atoms with Gasteiger partial charge < -0.3 is 9.47 Å². The van der Waals surface area contributed by atoms with E-state index in [1.165, 1.54) is 0 Å². The van der Waals surface area contributed by atoms with E-state index in [4.69, 9.17) is 20.9 Å². The summed E-state index contributed by atoms with van der Waals surface area (Å²) in [4.78, 5) is 9.45. The second-order valence-electron chi connectivity index (χ2n) is 5.22. The summed E-state index contributed by atoms with van der Waals surface area (Å²) in [7, 11) is 3.23. The monoisotopic (exact) mass is 276 g/mol. The number of nitrogens with zero attached hydrogens (tertiary/aromatic N) is 2. The van der Waals surface area contributed by atoms with Crippen molar-refractivity contribution in [3.8, 4) is 12.3 Å². The van der Waals surface area contributed by atoms with Crippen molar-refractivity contribution in [1.82, 2.24) is 0 Å². The van der Waals surface area contributed by atoms with Gasteiger partial charge in [0.25, 0.3) is 0 Å². The second kappa shape index (κ2) is 7.14. The van der Waals surface area contributed by atoms with Crippen LogP contribution < -0.4 is 0 Å². The van der Waals surface area contributed by atoms with Crippen molar-refractivity contribution in [3.05, 3.63) is 12.7 Å². The van der Waals surface area contributed by atoms with Gasteiger partial charge in [0.1, 0.15) is 6.04 Å². The van der Waals surface area contributed by atoms with E-state index in [2.05, 4.69) is 31.3 Å². The van der Waals surface area contributed by atoms with Crippen molar-refractivity contribution >= 4 is 11.8 Å². The number of terminal acetylenes is 1. The molecule has 0 aromatic heterocycles. The highest BCUT2D eigenvalue weighted by molar-refractivity contribution is 5.97. The maximum Gasteiger partial charge on any atom is 0.213 e. The zero-order valence-corrected chi connectivity index (χ0v) is 12.8. The summed E-state index contributed by atoms with van der Waals surface area (Å²) in [6.07, 6.45) is 9.31. The second-order valence-corrected chi connectivity index (χ2v) is 5.22. The first-order valence-corrected chi connectivity index (χ1v) is 6.85. The van der Waals surface area contributed by atoms with Gasteiger partial charge in [0.05, 0.1) is 14.2 Å². The summed E-state index contributed by atoms with van der Waals surface area (Å²) in [5.74, 6) is 4.18. The predicted molar refractivity (Wildman–Crippen MR) is 83.1 cm³/mol. The van der Waals surface area contributed by atoms with Crippen LogP contribution in [-0.2, 0) is 9.47 Å². The Labute approximate surface area is 122 Å². The molecule has 4 heteroatoms. The number of aliphatic imine (C=N–C) groups is 2. The average Bonchev–Trinajstić information content (AvgIpc) is 2.44. The molecule has 0 N–H and O–H groups in total. The zero-order valence-electron chi connectivity index (χ0n) is 12.8. The Kier molecular flexibility index (Phi) is 5.82. The quantitative estimate of drug-likeness (QED) is 0.572. The summed E-state index contributed by atoms with van der Waals surface area (Å²) in [5.41, 5.74) is -0.631. The summed E-state index contributed by atoms with van der Waals surface area (Å²) in [5, 5.41) is 0. The number of hydrogen-bond donors (Lipinski definition) is 0. The molecule has 1 aliphatic heterocycles. The van der Waals surface area contributed by atoms with Crippen LogP contribution in [0.15, 0.2) is 22.6 Å². The lowest BCUT2D eigenvalue weighted by molar-refractivity contribution is 0.299. The van der Waals surface area contributed by atoms with Crippen LogP contribution in [0.5, 0.6) is 0 Å². The van der Waals surface area contributed by atoms with E-state index < -0.39 is 5.54 Å². The minimum Gasteiger partial charge on any atom is -0.483 e. The number of allylic oxidation sites excluding steroid dienone is 1. The molecule has 0 aromatic carbocycles. The summed E-state index contributed by atoms with van der Waals surface area (Å²) < 4.78 is 10.9. The topological polar surface area (TPSA) is 43.2 Å². The van der Waals surface area contributed by atoms with Gasteiger partial charge in [-0.15, -0.1) is 18.9 Å². The Bertz CT molecular complexity index is 446. The van der Waals surface area contributed by atoms with Crippen LogP contribution in [0.3, 0.4) is 0 Å². The molecule has 0 aliphatic carbocycles. The Morgan fingerprint density at radius 1 is 1.45 bits per heavy atom. The maximum atomic E-state index is 5.52. The maximum absolute atomic E-state index is 5.52. The van der Waals surface area contributed by atoms with E-state index in [1.54, 1.807) is 14.2 Å². The van der Waals surface area contributed by atoms with Crippen molar-refractivity contribution < 1.29 is 9.47 Å². The molecular weight excluding hydrogens is 252 g/mol. The van der Waals surface area contributed by atoms with Gasteiger partial charge in [0.15, 0.2) is 5.54 Å². The highest BCUT2D eigenvalue weighted by atomic mass is 16.5. The molecule has 0 aromatic rings. The lowest BCUT2D eigenvalue weighted by Gasteiger charge is -2.35. The van der Waals surface area contributed by atoms with Crippen molar-refractivity contribution in [1.29, 1.82) is 0 Å². The molecule has 0 amide bonds. The van der Waals surface area contributed by atoms with Crippen LogP contribution >= 0.6 is 0 Å². The lowest BCUT2D eigenvalue weighted by Crippen LogP contribution is -2.46. The standard InChI is InChI=1S/C16H24N2O2/c1-7-9-11-16(10-8-2)15(20-6)17-13(12(3)4)14(18-16)19-5/h2,7,12-13H,1,9-11H2,3-6H3/t13-,16?/m1/s1. The normalized spacial score (nSPS) is 25.5. The molecule has 1 aliphatic rings. The van der Waals surface area contributed by atoms with E-state index in [1.807, 2.05) is 6.08 Å². The number of hydrogen-bond acceptors (Lipinski definition) is 4. The molecule has 20 heavy (non-hydrogen) atoms. The minimum absolute atomic E-state index is 0.121. The van der Waals surface area contributed by atoms with Crippen LogP contribution in [0.4, 0.5) is 0 Å². The van der Waals surface area contributed by atoms with E-state index in [0.717, 1.165) is 6.42 Å². The molecule has 2 atom stereocenters.